The van der Waals surface area contributed by atoms with Gasteiger partial charge < -0.3 is 19.9 Å². The highest BCUT2D eigenvalue weighted by Gasteiger charge is 2.28. The number of nitrogens with zero attached hydrogens (tertiary/aromatic N) is 3. The molecule has 1 saturated heterocycles. The molecule has 2 aromatic heterocycles. The number of hydrogen-bond donors (Lipinski definition) is 2. The van der Waals surface area contributed by atoms with Crippen molar-refractivity contribution in [2.24, 2.45) is 0 Å². The van der Waals surface area contributed by atoms with Crippen LogP contribution in [0.1, 0.15) is 30.1 Å². The fourth-order valence-electron chi connectivity index (χ4n) is 4.88. The average molecular weight is 461 g/mol. The molecule has 2 aromatic carbocycles. The van der Waals surface area contributed by atoms with Crippen molar-refractivity contribution in [1.82, 2.24) is 9.55 Å². The molecule has 0 saturated carbocycles. The Morgan fingerprint density at radius 1 is 1.24 bits per heavy atom. The van der Waals surface area contributed by atoms with E-state index in [9.17, 15) is 14.7 Å². The first-order chi connectivity index (χ1) is 16.5. The van der Waals surface area contributed by atoms with E-state index < -0.39 is 17.2 Å². The molecule has 5 rings (SSSR count). The van der Waals surface area contributed by atoms with E-state index in [4.69, 9.17) is 0 Å². The largest absolute Gasteiger partial charge is 0.477 e. The lowest BCUT2D eigenvalue weighted by Gasteiger charge is -2.28. The monoisotopic (exact) mass is 460 g/mol. The molecule has 1 atom stereocenters. The highest BCUT2D eigenvalue weighted by atomic mass is 19.1. The molecular formula is C26H25FN4O3. The maximum Gasteiger partial charge on any atom is 0.341 e. The highest BCUT2D eigenvalue weighted by Crippen LogP contribution is 2.33. The molecular weight excluding hydrogens is 435 g/mol. The van der Waals surface area contributed by atoms with Crippen molar-refractivity contribution in [3.05, 3.63) is 76.5 Å². The van der Waals surface area contributed by atoms with Crippen LogP contribution >= 0.6 is 0 Å². The lowest BCUT2D eigenvalue weighted by Crippen LogP contribution is -2.35. The Morgan fingerprint density at radius 2 is 2.03 bits per heavy atom. The second-order valence-electron chi connectivity index (χ2n) is 8.51. The van der Waals surface area contributed by atoms with Gasteiger partial charge in [0.2, 0.25) is 5.43 Å². The quantitative estimate of drug-likeness (QED) is 0.413. The Bertz CT molecular complexity index is 1450. The molecule has 0 spiro atoms. The number of aryl methyl sites for hydroxylation is 1. The Hall–Kier alpha value is -3.94. The number of carboxylic acid groups (broad SMARTS) is 1. The van der Waals surface area contributed by atoms with Gasteiger partial charge in [-0.1, -0.05) is 18.2 Å². The summed E-state index contributed by atoms with van der Waals surface area (Å²) >= 11 is 0. The zero-order valence-electron chi connectivity index (χ0n) is 18.8. The average Bonchev–Trinajstić information content (AvgIpc) is 3.31. The molecule has 0 unspecified atom stereocenters. The van der Waals surface area contributed by atoms with Crippen LogP contribution in [0.2, 0.25) is 0 Å². The van der Waals surface area contributed by atoms with Gasteiger partial charge in [0.05, 0.1) is 22.8 Å². The predicted molar refractivity (Wildman–Crippen MR) is 131 cm³/mol. The zero-order chi connectivity index (χ0) is 23.8. The lowest BCUT2D eigenvalue weighted by molar-refractivity contribution is 0.0695. The number of fused-ring (bicyclic) bond motifs is 3. The molecule has 0 radical (unpaired) electrons. The van der Waals surface area contributed by atoms with E-state index in [-0.39, 0.29) is 22.5 Å². The first-order valence-corrected chi connectivity index (χ1v) is 11.4. The van der Waals surface area contributed by atoms with Crippen LogP contribution in [0.25, 0.3) is 21.8 Å². The van der Waals surface area contributed by atoms with E-state index in [0.717, 1.165) is 25.1 Å². The molecule has 174 valence electrons. The minimum atomic E-state index is -1.30. The van der Waals surface area contributed by atoms with Gasteiger partial charge in [-0.05, 0) is 44.0 Å². The minimum absolute atomic E-state index is 0.0777. The van der Waals surface area contributed by atoms with Crippen LogP contribution in [0.3, 0.4) is 0 Å². The molecule has 0 aliphatic carbocycles. The third-order valence-electron chi connectivity index (χ3n) is 6.58. The number of hydrogen-bond acceptors (Lipinski definition) is 5. The molecule has 0 bridgehead atoms. The summed E-state index contributed by atoms with van der Waals surface area (Å²) in [6.45, 7) is 3.70. The number of pyridine rings is 2. The minimum Gasteiger partial charge on any atom is -0.477 e. The second kappa shape index (κ2) is 8.78. The molecule has 0 amide bonds. The fourth-order valence-corrected chi connectivity index (χ4v) is 4.88. The van der Waals surface area contributed by atoms with Crippen LogP contribution in [0.5, 0.6) is 0 Å². The van der Waals surface area contributed by atoms with Crippen molar-refractivity contribution < 1.29 is 14.3 Å². The van der Waals surface area contributed by atoms with Crippen LogP contribution in [0.4, 0.5) is 15.8 Å². The van der Waals surface area contributed by atoms with Crippen LogP contribution in [0.15, 0.2) is 59.7 Å². The number of aromatic carboxylic acids is 1. The Kier molecular flexibility index (Phi) is 5.65. The molecule has 1 aliphatic heterocycles. The van der Waals surface area contributed by atoms with E-state index in [0.29, 0.717) is 29.7 Å². The summed E-state index contributed by atoms with van der Waals surface area (Å²) in [6.07, 6.45) is 4.66. The van der Waals surface area contributed by atoms with Crippen molar-refractivity contribution in [1.29, 1.82) is 0 Å². The number of para-hydroxylation sites is 1. The van der Waals surface area contributed by atoms with Gasteiger partial charge in [0.1, 0.15) is 11.1 Å². The van der Waals surface area contributed by atoms with E-state index in [1.165, 1.54) is 12.4 Å². The van der Waals surface area contributed by atoms with Crippen LogP contribution in [0, 0.1) is 5.82 Å². The lowest BCUT2D eigenvalue weighted by atomic mass is 10.1. The zero-order valence-corrected chi connectivity index (χ0v) is 18.8. The number of carboxylic acids is 1. The summed E-state index contributed by atoms with van der Waals surface area (Å²) in [4.78, 5) is 31.1. The normalized spacial score (nSPS) is 15.8. The van der Waals surface area contributed by atoms with E-state index >= 15 is 4.39 Å². The van der Waals surface area contributed by atoms with Gasteiger partial charge in [0.15, 0.2) is 5.82 Å². The maximum absolute atomic E-state index is 15.8. The van der Waals surface area contributed by atoms with E-state index in [1.807, 2.05) is 37.3 Å². The third kappa shape index (κ3) is 3.65. The topological polar surface area (TPSA) is 87.5 Å². The molecule has 7 nitrogen and oxygen atoms in total. The molecule has 2 N–H and O–H groups in total. The molecule has 4 aromatic rings. The van der Waals surface area contributed by atoms with Crippen molar-refractivity contribution in [3.63, 3.8) is 0 Å². The molecule has 1 fully saturated rings. The van der Waals surface area contributed by atoms with Gasteiger partial charge in [-0.15, -0.1) is 0 Å². The van der Waals surface area contributed by atoms with Gasteiger partial charge in [-0.3, -0.25) is 9.78 Å². The highest BCUT2D eigenvalue weighted by molar-refractivity contribution is 6.07. The number of carbonyl (C=O) groups is 1. The van der Waals surface area contributed by atoms with Crippen LogP contribution in [-0.4, -0.2) is 39.8 Å². The van der Waals surface area contributed by atoms with Gasteiger partial charge in [-0.2, -0.15) is 0 Å². The Labute approximate surface area is 195 Å². The summed E-state index contributed by atoms with van der Waals surface area (Å²) in [5.74, 6) is -1.80. The van der Waals surface area contributed by atoms with Crippen molar-refractivity contribution in [2.75, 3.05) is 23.3 Å². The molecule has 1 aliphatic rings. The second-order valence-corrected chi connectivity index (χ2v) is 8.51. The molecule has 34 heavy (non-hydrogen) atoms. The first-order valence-electron chi connectivity index (χ1n) is 11.4. The molecule has 8 heteroatoms. The number of nitrogens with one attached hydrogen (secondary N) is 1. The summed E-state index contributed by atoms with van der Waals surface area (Å²) in [5.41, 5.74) is 1.07. The first kappa shape index (κ1) is 21.9. The number of benzene rings is 2. The summed E-state index contributed by atoms with van der Waals surface area (Å²) in [5, 5.41) is 13.4. The standard InChI is InChI=1S/C26H25FN4O3/c1-2-30-15-19(26(33)34)25(32)22-18-10-11-20(23(27)24(18)29-14-21(22)30)31-12-6-9-17(31)13-28-16-7-4-3-5-8-16/h3-5,7-8,10-11,14-15,17,28H,2,6,9,12-13H2,1H3,(H,33,34)/t17-/m0/s1. The number of anilines is 2. The van der Waals surface area contributed by atoms with Gasteiger partial charge in [0.25, 0.3) is 0 Å². The SMILES string of the molecule is CCn1cc(C(=O)O)c(=O)c2c3ccc(N4CCC[C@H]4CNc4ccccc4)c(F)c3ncc21. The summed E-state index contributed by atoms with van der Waals surface area (Å²) in [6, 6.07) is 13.4. The smallest absolute Gasteiger partial charge is 0.341 e. The van der Waals surface area contributed by atoms with Gasteiger partial charge in [0, 0.05) is 42.9 Å². The van der Waals surface area contributed by atoms with Gasteiger partial charge >= 0.3 is 5.97 Å². The number of halogens is 1. The Morgan fingerprint density at radius 3 is 2.76 bits per heavy atom. The predicted octanol–water partition coefficient (Wildman–Crippen LogP) is 4.49. The van der Waals surface area contributed by atoms with E-state index in [2.05, 4.69) is 15.2 Å². The fraction of sp³-hybridized carbons (Fsp3) is 0.269. The third-order valence-corrected chi connectivity index (χ3v) is 6.58. The molecule has 3 heterocycles. The van der Waals surface area contributed by atoms with Crippen molar-refractivity contribution in [3.8, 4) is 0 Å². The number of rotatable bonds is 6. The summed E-state index contributed by atoms with van der Waals surface area (Å²) < 4.78 is 17.5. The van der Waals surface area contributed by atoms with E-state index in [1.54, 1.807) is 16.7 Å². The Balaban J connectivity index is 1.58. The van der Waals surface area contributed by atoms with Crippen LogP contribution in [-0.2, 0) is 6.54 Å². The van der Waals surface area contributed by atoms with Crippen molar-refractivity contribution in [2.45, 2.75) is 32.4 Å². The van der Waals surface area contributed by atoms with Gasteiger partial charge in [-0.25, -0.2) is 9.18 Å². The summed E-state index contributed by atoms with van der Waals surface area (Å²) in [7, 11) is 0. The maximum atomic E-state index is 15.8. The number of aromatic nitrogens is 2. The van der Waals surface area contributed by atoms with Crippen LogP contribution < -0.4 is 15.6 Å². The van der Waals surface area contributed by atoms with Crippen molar-refractivity contribution >= 4 is 39.1 Å².